The average Bonchev–Trinajstić information content (AvgIpc) is 2.09. The molecular weight excluding hydrogens is 220 g/mol. The van der Waals surface area contributed by atoms with Gasteiger partial charge < -0.3 is 10.2 Å². The number of sulfone groups is 1. The first kappa shape index (κ1) is 12.0. The molecule has 7 heteroatoms. The zero-order valence-corrected chi connectivity index (χ0v) is 9.34. The molecule has 1 aliphatic heterocycles. The van der Waals surface area contributed by atoms with Gasteiger partial charge in [-0.3, -0.25) is 9.59 Å². The Bertz CT molecular complexity index is 363. The fraction of sp³-hybridized carbons (Fsp3) is 0.750. The lowest BCUT2D eigenvalue weighted by Gasteiger charge is -2.26. The van der Waals surface area contributed by atoms with Gasteiger partial charge in [0.05, 0.1) is 18.8 Å². The van der Waals surface area contributed by atoms with Crippen LogP contribution in [-0.2, 0) is 19.4 Å². The van der Waals surface area contributed by atoms with Gasteiger partial charge in [0, 0.05) is 12.8 Å². The van der Waals surface area contributed by atoms with Gasteiger partial charge in [0.2, 0.25) is 11.8 Å². The second kappa shape index (κ2) is 4.61. The number of rotatable bonds is 4. The molecule has 0 saturated carbocycles. The smallest absolute Gasteiger partial charge is 0.242 e. The van der Waals surface area contributed by atoms with E-state index in [1.807, 2.05) is 0 Å². The Morgan fingerprint density at radius 1 is 1.40 bits per heavy atom. The lowest BCUT2D eigenvalue weighted by molar-refractivity contribution is -0.140. The van der Waals surface area contributed by atoms with E-state index >= 15 is 0 Å². The number of carbonyl (C=O) groups excluding carboxylic acids is 2. The predicted molar refractivity (Wildman–Crippen MR) is 53.9 cm³/mol. The molecule has 6 nitrogen and oxygen atoms in total. The summed E-state index contributed by atoms with van der Waals surface area (Å²) in [5, 5.41) is 2.42. The molecule has 1 aliphatic rings. The highest BCUT2D eigenvalue weighted by atomic mass is 32.2. The van der Waals surface area contributed by atoms with Crippen molar-refractivity contribution in [3.05, 3.63) is 0 Å². The number of piperazine rings is 1. The minimum absolute atomic E-state index is 0.0116. The maximum absolute atomic E-state index is 11.3. The Morgan fingerprint density at radius 2 is 2.07 bits per heavy atom. The Balaban J connectivity index is 2.37. The van der Waals surface area contributed by atoms with Gasteiger partial charge in [-0.2, -0.15) is 0 Å². The normalized spacial score (nSPS) is 17.8. The number of hydrogen-bond acceptors (Lipinski definition) is 4. The van der Waals surface area contributed by atoms with E-state index in [1.165, 1.54) is 4.90 Å². The summed E-state index contributed by atoms with van der Waals surface area (Å²) in [5.41, 5.74) is 0. The molecule has 0 unspecified atom stereocenters. The van der Waals surface area contributed by atoms with Gasteiger partial charge in [0.25, 0.3) is 0 Å². The summed E-state index contributed by atoms with van der Waals surface area (Å²) in [6, 6.07) is 0. The first-order chi connectivity index (χ1) is 6.88. The summed E-state index contributed by atoms with van der Waals surface area (Å²) in [6.07, 6.45) is 1.52. The number of nitrogens with zero attached hydrogens (tertiary/aromatic N) is 1. The zero-order chi connectivity index (χ0) is 11.5. The van der Waals surface area contributed by atoms with Crippen molar-refractivity contribution in [2.75, 3.05) is 31.6 Å². The van der Waals surface area contributed by atoms with Gasteiger partial charge in [0.15, 0.2) is 0 Å². The molecule has 1 N–H and O–H groups in total. The molecule has 15 heavy (non-hydrogen) atoms. The Morgan fingerprint density at radius 3 is 2.67 bits per heavy atom. The maximum Gasteiger partial charge on any atom is 0.242 e. The fourth-order valence-corrected chi connectivity index (χ4v) is 1.98. The second-order valence-corrected chi connectivity index (χ2v) is 5.84. The highest BCUT2D eigenvalue weighted by Gasteiger charge is 2.22. The van der Waals surface area contributed by atoms with Crippen LogP contribution in [0.1, 0.15) is 6.42 Å². The number of amides is 2. The predicted octanol–water partition coefficient (Wildman–Crippen LogP) is -1.62. The third-order valence-electron chi connectivity index (χ3n) is 2.07. The summed E-state index contributed by atoms with van der Waals surface area (Å²) < 4.78 is 21.7. The highest BCUT2D eigenvalue weighted by Crippen LogP contribution is 1.98. The van der Waals surface area contributed by atoms with E-state index < -0.39 is 9.84 Å². The van der Waals surface area contributed by atoms with Gasteiger partial charge >= 0.3 is 0 Å². The van der Waals surface area contributed by atoms with E-state index in [1.54, 1.807) is 0 Å². The van der Waals surface area contributed by atoms with Gasteiger partial charge in [-0.25, -0.2) is 8.42 Å². The quantitative estimate of drug-likeness (QED) is 0.633. The molecule has 0 atom stereocenters. The molecule has 2 amide bonds. The molecule has 1 saturated heterocycles. The van der Waals surface area contributed by atoms with Crippen LogP contribution >= 0.6 is 0 Å². The summed E-state index contributed by atoms with van der Waals surface area (Å²) in [6.45, 7) is 0.361. The van der Waals surface area contributed by atoms with E-state index in [-0.39, 0.29) is 30.7 Å². The van der Waals surface area contributed by atoms with E-state index in [0.717, 1.165) is 6.26 Å². The lowest BCUT2D eigenvalue weighted by atomic mass is 10.3. The molecule has 86 valence electrons. The van der Waals surface area contributed by atoms with Gasteiger partial charge in [-0.1, -0.05) is 0 Å². The zero-order valence-electron chi connectivity index (χ0n) is 8.52. The monoisotopic (exact) mass is 234 g/mol. The van der Waals surface area contributed by atoms with E-state index in [4.69, 9.17) is 0 Å². The van der Waals surface area contributed by atoms with Crippen LogP contribution in [0.4, 0.5) is 0 Å². The molecule has 0 aromatic carbocycles. The van der Waals surface area contributed by atoms with Crippen LogP contribution in [0.25, 0.3) is 0 Å². The van der Waals surface area contributed by atoms with Gasteiger partial charge in [0.1, 0.15) is 9.84 Å². The van der Waals surface area contributed by atoms with Crippen LogP contribution < -0.4 is 5.32 Å². The third kappa shape index (κ3) is 4.28. The molecule has 0 radical (unpaired) electrons. The molecule has 1 rings (SSSR count). The first-order valence-electron chi connectivity index (χ1n) is 4.61. The standard InChI is InChI=1S/C8H14N2O4S/c1-15(13,14)4-2-3-10-6-7(11)9-5-8(10)12/h2-6H2,1H3,(H,9,11). The molecule has 0 aliphatic carbocycles. The summed E-state index contributed by atoms with van der Waals surface area (Å²) in [7, 11) is -2.99. The molecule has 0 aromatic heterocycles. The highest BCUT2D eigenvalue weighted by molar-refractivity contribution is 7.90. The SMILES string of the molecule is CS(=O)(=O)CCCN1CC(=O)NCC1=O. The minimum atomic E-state index is -2.99. The number of carbonyl (C=O) groups is 2. The topological polar surface area (TPSA) is 83.6 Å². The largest absolute Gasteiger partial charge is 0.345 e. The van der Waals surface area contributed by atoms with Gasteiger partial charge in [-0.05, 0) is 6.42 Å². The molecule has 0 bridgehead atoms. The lowest BCUT2D eigenvalue weighted by Crippen LogP contribution is -2.51. The van der Waals surface area contributed by atoms with E-state index in [9.17, 15) is 18.0 Å². The van der Waals surface area contributed by atoms with Crippen molar-refractivity contribution in [1.29, 1.82) is 0 Å². The van der Waals surface area contributed by atoms with Crippen LogP contribution in [0.15, 0.2) is 0 Å². The van der Waals surface area contributed by atoms with Crippen molar-refractivity contribution in [3.8, 4) is 0 Å². The summed E-state index contributed by atoms with van der Waals surface area (Å²) >= 11 is 0. The minimum Gasteiger partial charge on any atom is -0.345 e. The number of hydrogen-bond donors (Lipinski definition) is 1. The van der Waals surface area contributed by atoms with Crippen molar-refractivity contribution in [1.82, 2.24) is 10.2 Å². The number of nitrogens with one attached hydrogen (secondary N) is 1. The van der Waals surface area contributed by atoms with E-state index in [0.29, 0.717) is 13.0 Å². The molecule has 1 heterocycles. The molecular formula is C8H14N2O4S. The van der Waals surface area contributed by atoms with Crippen molar-refractivity contribution in [3.63, 3.8) is 0 Å². The molecule has 1 fully saturated rings. The fourth-order valence-electron chi connectivity index (χ4n) is 1.32. The second-order valence-electron chi connectivity index (χ2n) is 3.58. The first-order valence-corrected chi connectivity index (χ1v) is 6.67. The van der Waals surface area contributed by atoms with Crippen molar-refractivity contribution >= 4 is 21.7 Å². The summed E-state index contributed by atoms with van der Waals surface area (Å²) in [5.74, 6) is -0.324. The van der Waals surface area contributed by atoms with Crippen molar-refractivity contribution in [2.45, 2.75) is 6.42 Å². The summed E-state index contributed by atoms with van der Waals surface area (Å²) in [4.78, 5) is 23.6. The van der Waals surface area contributed by atoms with Crippen LogP contribution in [0.2, 0.25) is 0 Å². The molecule has 0 spiro atoms. The van der Waals surface area contributed by atoms with E-state index in [2.05, 4.69) is 5.32 Å². The Hall–Kier alpha value is -1.11. The van der Waals surface area contributed by atoms with Crippen LogP contribution in [0.3, 0.4) is 0 Å². The van der Waals surface area contributed by atoms with Crippen LogP contribution in [-0.4, -0.2) is 56.8 Å². The molecule has 0 aromatic rings. The van der Waals surface area contributed by atoms with Crippen molar-refractivity contribution < 1.29 is 18.0 Å². The Labute approximate surface area is 88.5 Å². The van der Waals surface area contributed by atoms with Gasteiger partial charge in [-0.15, -0.1) is 0 Å². The average molecular weight is 234 g/mol. The van der Waals surface area contributed by atoms with Crippen LogP contribution in [0.5, 0.6) is 0 Å². The van der Waals surface area contributed by atoms with Crippen molar-refractivity contribution in [2.24, 2.45) is 0 Å². The Kier molecular flexibility index (Phi) is 3.67. The maximum atomic E-state index is 11.3. The van der Waals surface area contributed by atoms with Crippen LogP contribution in [0, 0.1) is 0 Å². The third-order valence-corrected chi connectivity index (χ3v) is 3.10.